The molecule has 524 valence electrons. The largest absolute Gasteiger partial charge is 0.550 e. The van der Waals surface area contributed by atoms with Crippen LogP contribution in [0, 0.1) is 0 Å². The van der Waals surface area contributed by atoms with Crippen molar-refractivity contribution in [1.29, 1.82) is 0 Å². The van der Waals surface area contributed by atoms with Gasteiger partial charge in [0.25, 0.3) is 0 Å². The molecule has 92 heavy (non-hydrogen) atoms. The normalized spacial score (nSPS) is 21.1. The SMILES string of the molecule is CC(=O)N[C@H]1[C@H](OCCOCCOCCOCCn2cc(COCCCC(=O)CCCCCC(=O)[O-])nn2)O[C@H](CO)[C@H](O)[C@@H]1O.CC(=O)N[C@H]1[C@H](OCCOCCOCCOCCn2cc(COCCCC(=O)CCCCC[NH3+])nn2)O[C@H](CO)[C@H](O)[C@@H]1O.[Y].[Y]. The number of aliphatic carboxylic acids is 1. The Morgan fingerprint density at radius 3 is 1.20 bits per heavy atom. The van der Waals surface area contributed by atoms with E-state index in [1.54, 1.807) is 15.6 Å². The van der Waals surface area contributed by atoms with Crippen LogP contribution in [0.4, 0.5) is 0 Å². The van der Waals surface area contributed by atoms with Crippen LogP contribution in [0.15, 0.2) is 12.4 Å². The van der Waals surface area contributed by atoms with Crippen LogP contribution < -0.4 is 21.5 Å². The Hall–Kier alpha value is -2.52. The molecule has 0 aromatic carbocycles. The molecule has 35 heteroatoms. The fourth-order valence-electron chi connectivity index (χ4n) is 8.89. The number of aliphatic hydroxyl groups is 6. The molecule has 2 aromatic rings. The first-order valence-corrected chi connectivity index (χ1v) is 31.0. The number of rotatable bonds is 53. The van der Waals surface area contributed by atoms with Crippen LogP contribution in [0.2, 0.25) is 0 Å². The first kappa shape index (κ1) is 87.5. The van der Waals surface area contributed by atoms with E-state index in [4.69, 9.17) is 56.8 Å². The van der Waals surface area contributed by atoms with Crippen molar-refractivity contribution in [2.24, 2.45) is 0 Å². The maximum atomic E-state index is 11.9. The predicted molar refractivity (Wildman–Crippen MR) is 310 cm³/mol. The van der Waals surface area contributed by atoms with Gasteiger partial charge in [0.2, 0.25) is 11.8 Å². The number of carboxylic acid groups (broad SMARTS) is 1. The fourth-order valence-corrected chi connectivity index (χ4v) is 8.89. The van der Waals surface area contributed by atoms with Gasteiger partial charge in [-0.15, -0.1) is 10.2 Å². The van der Waals surface area contributed by atoms with E-state index in [1.807, 2.05) is 6.20 Å². The average molecular weight is 1470 g/mol. The monoisotopic (exact) mass is 1470 g/mol. The Morgan fingerprint density at radius 1 is 0.489 bits per heavy atom. The number of aromatic nitrogens is 6. The van der Waals surface area contributed by atoms with E-state index < -0.39 is 92.3 Å². The first-order chi connectivity index (χ1) is 43.6. The molecule has 2 radical (unpaired) electrons. The van der Waals surface area contributed by atoms with E-state index in [2.05, 4.69) is 37.0 Å². The standard InChI is InChI=1S/C29H50N4O13.C28H51N5O11.2Y/c1-21(35)30-26-28(40)27(39)24(19-34)46-29(26)45-17-16-43-15-14-42-13-12-41-11-9-33-18-22(31-32-33)20-44-10-5-7-23(36)6-3-2-4-8-25(37)38;1-21(35)30-25-27(38)26(37)24(19-34)44-28(25)43-17-16-41-15-14-40-13-12-39-11-9-33-18-22(31-32-33)20-42-10-5-7-23(36)6-3-2-4-8-29;;/h18,24,26-29,34,39-40H,2-17,19-20H2,1H3,(H,30,35)(H,37,38);18,24-28,34,37-38H,2-17,19-20,29H2,1H3,(H,30,35);;/t24-,26-,27+,28-,29-;24-,25-,26+,27-,28-;;/m11../s1. The van der Waals surface area contributed by atoms with Crippen LogP contribution >= 0.6 is 0 Å². The zero-order valence-corrected chi connectivity index (χ0v) is 59.1. The summed E-state index contributed by atoms with van der Waals surface area (Å²) in [5, 5.41) is 90.9. The molecule has 0 bridgehead atoms. The van der Waals surface area contributed by atoms with E-state index in [0.717, 1.165) is 31.5 Å². The van der Waals surface area contributed by atoms with Crippen LogP contribution in [0.5, 0.6) is 0 Å². The Morgan fingerprint density at radius 2 is 0.837 bits per heavy atom. The van der Waals surface area contributed by atoms with Gasteiger partial charge in [-0.1, -0.05) is 16.8 Å². The second-order valence-corrected chi connectivity index (χ2v) is 21.2. The number of nitrogens with zero attached hydrogens (tertiary/aromatic N) is 6. The Balaban J connectivity index is 0.000000901. The van der Waals surface area contributed by atoms with Gasteiger partial charge in [-0.2, -0.15) is 0 Å². The number of carbonyl (C=O) groups excluding carboxylic acids is 5. The minimum Gasteiger partial charge on any atom is -0.550 e. The van der Waals surface area contributed by atoms with Gasteiger partial charge in [0.05, 0.1) is 151 Å². The molecule has 2 saturated heterocycles. The number of Topliss-reactive ketones (excluding diaryl/α,β-unsaturated/α-hetero) is 2. The number of carboxylic acids is 1. The summed E-state index contributed by atoms with van der Waals surface area (Å²) in [4.78, 5) is 57.0. The Kier molecular flexibility index (Phi) is 52.8. The van der Waals surface area contributed by atoms with Crippen molar-refractivity contribution in [3.05, 3.63) is 23.8 Å². The van der Waals surface area contributed by atoms with Crippen LogP contribution in [-0.4, -0.2) is 277 Å². The van der Waals surface area contributed by atoms with Crippen LogP contribution in [0.3, 0.4) is 0 Å². The van der Waals surface area contributed by atoms with Crippen molar-refractivity contribution in [3.8, 4) is 0 Å². The maximum absolute atomic E-state index is 11.9. The molecule has 2 fully saturated rings. The summed E-state index contributed by atoms with van der Waals surface area (Å²) in [6.45, 7) is 9.40. The van der Waals surface area contributed by atoms with Crippen molar-refractivity contribution in [3.63, 3.8) is 0 Å². The zero-order valence-electron chi connectivity index (χ0n) is 53.5. The average Bonchev–Trinajstić information content (AvgIpc) is 1.06. The minimum atomic E-state index is -1.37. The number of unbranched alkanes of at least 4 members (excludes halogenated alkanes) is 4. The molecule has 2 aliphatic rings. The second kappa shape index (κ2) is 55.5. The van der Waals surface area contributed by atoms with Crippen molar-refractivity contribution in [2.75, 3.05) is 125 Å². The molecular formula is C57H101N9O24Y2. The fraction of sp³-hybridized carbons (Fsp3) is 0.842. The van der Waals surface area contributed by atoms with Gasteiger partial charge in [-0.25, -0.2) is 9.36 Å². The molecule has 2 aliphatic heterocycles. The van der Waals surface area contributed by atoms with Crippen LogP contribution in [0.1, 0.15) is 109 Å². The zero-order chi connectivity index (χ0) is 65.6. The van der Waals surface area contributed by atoms with Gasteiger partial charge < -0.3 is 114 Å². The summed E-state index contributed by atoms with van der Waals surface area (Å²) < 4.78 is 69.6. The Labute approximate surface area is 587 Å². The molecule has 10 atom stereocenters. The second-order valence-electron chi connectivity index (χ2n) is 21.2. The quantitative estimate of drug-likeness (QED) is 0.0284. The van der Waals surface area contributed by atoms with Crippen LogP contribution in [-0.2, 0) is 173 Å². The molecule has 2 amide bonds. The molecule has 0 unspecified atom stereocenters. The van der Waals surface area contributed by atoms with E-state index in [-0.39, 0.29) is 110 Å². The van der Waals surface area contributed by atoms with Gasteiger partial charge in [-0.3, -0.25) is 19.2 Å². The third kappa shape index (κ3) is 40.3. The number of hydrogen-bond donors (Lipinski definition) is 9. The number of aliphatic hydroxyl groups excluding tert-OH is 6. The summed E-state index contributed by atoms with van der Waals surface area (Å²) >= 11 is 0. The number of ketones is 2. The molecule has 4 rings (SSSR count). The summed E-state index contributed by atoms with van der Waals surface area (Å²) in [7, 11) is 0. The van der Waals surface area contributed by atoms with Gasteiger partial charge in [0.1, 0.15) is 71.7 Å². The van der Waals surface area contributed by atoms with E-state index in [0.29, 0.717) is 169 Å². The summed E-state index contributed by atoms with van der Waals surface area (Å²) in [5.74, 6) is -1.47. The van der Waals surface area contributed by atoms with Gasteiger partial charge in [-0.05, 0) is 51.4 Å². The third-order valence-corrected chi connectivity index (χ3v) is 13.6. The molecule has 2 aromatic heterocycles. The van der Waals surface area contributed by atoms with Gasteiger partial charge in [0.15, 0.2) is 12.6 Å². The van der Waals surface area contributed by atoms with Crippen LogP contribution in [0.25, 0.3) is 0 Å². The number of nitrogens with one attached hydrogen (secondary N) is 2. The van der Waals surface area contributed by atoms with Crippen molar-refractivity contribution in [1.82, 2.24) is 40.6 Å². The third-order valence-electron chi connectivity index (χ3n) is 13.6. The Bertz CT molecular complexity index is 2220. The van der Waals surface area contributed by atoms with Crippen molar-refractivity contribution in [2.45, 2.75) is 185 Å². The molecule has 33 nitrogen and oxygen atoms in total. The topological polar surface area (TPSA) is 454 Å². The molecular weight excluding hydrogens is 1370 g/mol. The number of hydrogen-bond acceptors (Lipinski definition) is 28. The van der Waals surface area contributed by atoms with Gasteiger partial charge >= 0.3 is 0 Å². The smallest absolute Gasteiger partial charge is 0.217 e. The van der Waals surface area contributed by atoms with E-state index >= 15 is 0 Å². The summed E-state index contributed by atoms with van der Waals surface area (Å²) in [6.07, 6.45) is 2.37. The molecule has 11 N–H and O–H groups in total. The van der Waals surface area contributed by atoms with E-state index in [9.17, 15) is 59.7 Å². The number of ether oxygens (including phenoxy) is 12. The summed E-state index contributed by atoms with van der Waals surface area (Å²) in [6, 6.07) is -1.99. The minimum absolute atomic E-state index is 0. The molecule has 0 saturated carbocycles. The summed E-state index contributed by atoms with van der Waals surface area (Å²) in [5.41, 5.74) is 5.21. The van der Waals surface area contributed by atoms with E-state index in [1.165, 1.54) is 13.8 Å². The molecule has 4 heterocycles. The van der Waals surface area contributed by atoms with Gasteiger partial charge in [0, 0.05) is 124 Å². The number of carbonyl (C=O) groups is 5. The maximum Gasteiger partial charge on any atom is 0.217 e. The van der Waals surface area contributed by atoms with Crippen molar-refractivity contribution < 1.29 is 188 Å². The number of amides is 2. The molecule has 0 spiro atoms. The van der Waals surface area contributed by atoms with Crippen molar-refractivity contribution >= 4 is 29.4 Å². The first-order valence-electron chi connectivity index (χ1n) is 31.0. The number of quaternary nitrogens is 1. The predicted octanol–water partition coefficient (Wildman–Crippen LogP) is -4.19. The molecule has 0 aliphatic carbocycles.